The van der Waals surface area contributed by atoms with Gasteiger partial charge in [0.25, 0.3) is 0 Å². The molecule has 1 spiro atoms. The molecule has 1 fully saturated rings. The van der Waals surface area contributed by atoms with E-state index in [2.05, 4.69) is 30.2 Å². The summed E-state index contributed by atoms with van der Waals surface area (Å²) in [4.78, 5) is 23.0. The maximum absolute atomic E-state index is 12.1. The van der Waals surface area contributed by atoms with Crippen molar-refractivity contribution >= 4 is 29.2 Å². The molecule has 0 atom stereocenters. The largest absolute Gasteiger partial charge is 0.369 e. The molecular weight excluding hydrogens is 328 g/mol. The van der Waals surface area contributed by atoms with E-state index in [9.17, 15) is 4.79 Å². The Morgan fingerprint density at radius 2 is 1.88 bits per heavy atom. The second kappa shape index (κ2) is 5.72. The monoisotopic (exact) mass is 354 g/mol. The van der Waals surface area contributed by atoms with Crippen LogP contribution in [0.1, 0.15) is 57.9 Å². The zero-order valence-corrected chi connectivity index (χ0v) is 15.4. The summed E-state index contributed by atoms with van der Waals surface area (Å²) in [6, 6.07) is 6.12. The van der Waals surface area contributed by atoms with E-state index in [-0.39, 0.29) is 17.3 Å². The van der Waals surface area contributed by atoms with Crippen LogP contribution in [0.25, 0.3) is 0 Å². The number of nitrogens with one attached hydrogen (secondary N) is 1. The van der Waals surface area contributed by atoms with E-state index in [4.69, 9.17) is 16.5 Å². The maximum Gasteiger partial charge on any atom is 0.225 e. The zero-order chi connectivity index (χ0) is 18.5. The number of carbonyl (C=O) groups excluding carboxylic acids is 1. The first-order valence-corrected chi connectivity index (χ1v) is 9.25. The normalized spacial score (nSPS) is 23.8. The van der Waals surface area contributed by atoms with Gasteiger partial charge in [0, 0.05) is 23.2 Å². The van der Waals surface area contributed by atoms with E-state index >= 15 is 0 Å². The van der Waals surface area contributed by atoms with Crippen molar-refractivity contribution < 1.29 is 4.79 Å². The van der Waals surface area contributed by atoms with Gasteiger partial charge < -0.3 is 16.8 Å². The molecule has 0 aromatic heterocycles. The third kappa shape index (κ3) is 2.62. The Labute approximate surface area is 153 Å². The van der Waals surface area contributed by atoms with Gasteiger partial charge in [0.1, 0.15) is 5.66 Å². The van der Waals surface area contributed by atoms with E-state index in [1.54, 1.807) is 0 Å². The van der Waals surface area contributed by atoms with Gasteiger partial charge in [-0.15, -0.1) is 0 Å². The fourth-order valence-corrected chi connectivity index (χ4v) is 4.55. The van der Waals surface area contributed by atoms with Gasteiger partial charge in [-0.3, -0.25) is 9.69 Å². The number of rotatable bonds is 1. The molecule has 138 valence electrons. The molecule has 0 unspecified atom stereocenters. The molecule has 1 amide bonds. The van der Waals surface area contributed by atoms with Crippen LogP contribution in [0.15, 0.2) is 28.2 Å². The fourth-order valence-electron chi connectivity index (χ4n) is 4.55. The average Bonchev–Trinajstić information content (AvgIpc) is 2.53. The van der Waals surface area contributed by atoms with Gasteiger partial charge in [0.15, 0.2) is 0 Å². The van der Waals surface area contributed by atoms with E-state index in [0.29, 0.717) is 12.4 Å². The van der Waals surface area contributed by atoms with Crippen molar-refractivity contribution in [3.8, 4) is 0 Å². The Kier molecular flexibility index (Phi) is 3.71. The van der Waals surface area contributed by atoms with Crippen molar-refractivity contribution in [3.05, 3.63) is 23.8 Å². The molecule has 26 heavy (non-hydrogen) atoms. The topological polar surface area (TPSA) is 109 Å². The lowest BCUT2D eigenvalue weighted by Gasteiger charge is -2.46. The quantitative estimate of drug-likeness (QED) is 0.719. The Hall–Kier alpha value is -2.57. The number of nitrogens with zero attached hydrogens (tertiary/aromatic N) is 3. The minimum atomic E-state index is -0.476. The van der Waals surface area contributed by atoms with Gasteiger partial charge in [-0.1, -0.05) is 26.3 Å². The standard InChI is InChI=1S/C19H26N6O/c1-18(2)11-15(26)22-14-10-12(6-7-13(14)18)25-17(21)23-16(20)24-19(25)8-4-3-5-9-19/h6-7,10H,3-5,8-9,11H2,1-2H3,(H,22,26)(H4,20,21,23,24). The number of anilines is 2. The first-order chi connectivity index (χ1) is 12.3. The van der Waals surface area contributed by atoms with Crippen molar-refractivity contribution in [1.82, 2.24) is 0 Å². The number of amides is 1. The highest BCUT2D eigenvalue weighted by Crippen LogP contribution is 2.43. The minimum absolute atomic E-state index is 0.0366. The Balaban J connectivity index is 1.80. The second-order valence-corrected chi connectivity index (χ2v) is 8.16. The molecular formula is C19H26N6O. The van der Waals surface area contributed by atoms with E-state index in [1.807, 2.05) is 17.0 Å². The van der Waals surface area contributed by atoms with Crippen molar-refractivity contribution in [2.75, 3.05) is 10.2 Å². The Morgan fingerprint density at radius 3 is 2.62 bits per heavy atom. The molecule has 0 bridgehead atoms. The molecule has 2 heterocycles. The van der Waals surface area contributed by atoms with Crippen molar-refractivity contribution in [1.29, 1.82) is 0 Å². The van der Waals surface area contributed by atoms with Crippen LogP contribution >= 0.6 is 0 Å². The van der Waals surface area contributed by atoms with Gasteiger partial charge in [0.2, 0.25) is 17.8 Å². The fraction of sp³-hybridized carbons (Fsp3) is 0.526. The number of guanidine groups is 2. The van der Waals surface area contributed by atoms with Gasteiger partial charge in [-0.25, -0.2) is 4.99 Å². The van der Waals surface area contributed by atoms with Crippen LogP contribution in [0.5, 0.6) is 0 Å². The molecule has 0 saturated heterocycles. The van der Waals surface area contributed by atoms with Gasteiger partial charge in [0.05, 0.1) is 0 Å². The van der Waals surface area contributed by atoms with Crippen LogP contribution in [0.4, 0.5) is 11.4 Å². The number of benzene rings is 1. The molecule has 1 saturated carbocycles. The molecule has 2 aliphatic heterocycles. The van der Waals surface area contributed by atoms with Crippen LogP contribution < -0.4 is 21.7 Å². The van der Waals surface area contributed by atoms with Crippen molar-refractivity contribution in [2.24, 2.45) is 21.5 Å². The highest BCUT2D eigenvalue weighted by atomic mass is 16.1. The molecule has 7 heteroatoms. The second-order valence-electron chi connectivity index (χ2n) is 8.16. The maximum atomic E-state index is 12.1. The Morgan fingerprint density at radius 1 is 1.15 bits per heavy atom. The number of nitrogens with two attached hydrogens (primary N) is 2. The number of hydrogen-bond acceptors (Lipinski definition) is 6. The highest BCUT2D eigenvalue weighted by Gasteiger charge is 2.43. The van der Waals surface area contributed by atoms with E-state index < -0.39 is 5.66 Å². The van der Waals surface area contributed by atoms with Crippen LogP contribution in [-0.2, 0) is 10.2 Å². The minimum Gasteiger partial charge on any atom is -0.369 e. The smallest absolute Gasteiger partial charge is 0.225 e. The number of carbonyl (C=O) groups is 1. The lowest BCUT2D eigenvalue weighted by atomic mass is 9.78. The highest BCUT2D eigenvalue weighted by molar-refractivity contribution is 6.06. The summed E-state index contributed by atoms with van der Waals surface area (Å²) >= 11 is 0. The predicted molar refractivity (Wildman–Crippen MR) is 104 cm³/mol. The van der Waals surface area contributed by atoms with Crippen LogP contribution in [-0.4, -0.2) is 23.5 Å². The van der Waals surface area contributed by atoms with Gasteiger partial charge >= 0.3 is 0 Å². The number of hydrogen-bond donors (Lipinski definition) is 3. The Bertz CT molecular complexity index is 819. The molecule has 0 radical (unpaired) electrons. The SMILES string of the molecule is CC1(C)CC(=O)Nc2cc(N3C(N)=NC(N)=NC34CCCCC4)ccc21. The summed E-state index contributed by atoms with van der Waals surface area (Å²) in [6.45, 7) is 4.18. The summed E-state index contributed by atoms with van der Waals surface area (Å²) in [5.41, 5.74) is 14.4. The lowest BCUT2D eigenvalue weighted by Crippen LogP contribution is -2.58. The first kappa shape index (κ1) is 16.9. The predicted octanol–water partition coefficient (Wildman–Crippen LogP) is 2.42. The summed E-state index contributed by atoms with van der Waals surface area (Å²) in [5.74, 6) is 0.642. The molecule has 3 aliphatic rings. The van der Waals surface area contributed by atoms with Gasteiger partial charge in [-0.2, -0.15) is 4.99 Å². The van der Waals surface area contributed by atoms with Crippen molar-refractivity contribution in [3.63, 3.8) is 0 Å². The summed E-state index contributed by atoms with van der Waals surface area (Å²) in [6.07, 6.45) is 5.61. The third-order valence-corrected chi connectivity index (χ3v) is 5.72. The molecule has 1 aromatic rings. The zero-order valence-electron chi connectivity index (χ0n) is 15.4. The third-order valence-electron chi connectivity index (χ3n) is 5.72. The van der Waals surface area contributed by atoms with Gasteiger partial charge in [-0.05, 0) is 43.4 Å². The summed E-state index contributed by atoms with van der Waals surface area (Å²) < 4.78 is 0. The number of fused-ring (bicyclic) bond motifs is 1. The van der Waals surface area contributed by atoms with Crippen LogP contribution in [0.3, 0.4) is 0 Å². The van der Waals surface area contributed by atoms with Crippen LogP contribution in [0.2, 0.25) is 0 Å². The van der Waals surface area contributed by atoms with Crippen molar-refractivity contribution in [2.45, 2.75) is 63.5 Å². The molecule has 1 aliphatic carbocycles. The lowest BCUT2D eigenvalue weighted by molar-refractivity contribution is -0.117. The molecule has 7 nitrogen and oxygen atoms in total. The average molecular weight is 354 g/mol. The summed E-state index contributed by atoms with van der Waals surface area (Å²) in [5, 5.41) is 3.00. The molecule has 5 N–H and O–H groups in total. The first-order valence-electron chi connectivity index (χ1n) is 9.25. The number of aliphatic imine (C=N–C) groups is 2. The summed E-state index contributed by atoms with van der Waals surface area (Å²) in [7, 11) is 0. The van der Waals surface area contributed by atoms with E-state index in [1.165, 1.54) is 6.42 Å². The van der Waals surface area contributed by atoms with E-state index in [0.717, 1.165) is 42.6 Å². The molecule has 4 rings (SSSR count). The molecule has 1 aromatic carbocycles. The van der Waals surface area contributed by atoms with Crippen LogP contribution in [0, 0.1) is 0 Å².